The number of piperazine rings is 1. The maximum absolute atomic E-state index is 13.8. The van der Waals surface area contributed by atoms with E-state index in [1.165, 1.54) is 4.90 Å². The van der Waals surface area contributed by atoms with Crippen LogP contribution < -0.4 is 14.8 Å². The van der Waals surface area contributed by atoms with Crippen LogP contribution in [0.15, 0.2) is 66.7 Å². The molecular weight excluding hydrogens is 548 g/mol. The molecule has 3 aromatic carbocycles. The number of hydrogen-bond donors (Lipinski definition) is 1. The second kappa shape index (κ2) is 11.9. The lowest BCUT2D eigenvalue weighted by Gasteiger charge is -2.40. The van der Waals surface area contributed by atoms with E-state index in [2.05, 4.69) is 34.5 Å². The van der Waals surface area contributed by atoms with Crippen LogP contribution in [0.5, 0.6) is 11.5 Å². The second-order valence-electron chi connectivity index (χ2n) is 11.0. The first kappa shape index (κ1) is 28.4. The van der Waals surface area contributed by atoms with Crippen LogP contribution >= 0.6 is 0 Å². The van der Waals surface area contributed by atoms with Gasteiger partial charge in [-0.25, -0.2) is 0 Å². The maximum Gasteiger partial charge on any atom is 0.255 e. The number of methoxy groups -OCH3 is 2. The number of fused-ring (bicyclic) bond motifs is 1. The summed E-state index contributed by atoms with van der Waals surface area (Å²) in [6, 6.07) is 20.6. The first-order valence-corrected chi connectivity index (χ1v) is 14.5. The van der Waals surface area contributed by atoms with Crippen LogP contribution in [0.3, 0.4) is 0 Å². The van der Waals surface area contributed by atoms with Gasteiger partial charge in [0.05, 0.1) is 20.3 Å². The predicted molar refractivity (Wildman–Crippen MR) is 158 cm³/mol. The number of ether oxygens (including phenoxy) is 2. The molecule has 3 aromatic rings. The van der Waals surface area contributed by atoms with Crippen LogP contribution in [-0.4, -0.2) is 84.8 Å². The molecule has 222 valence electrons. The summed E-state index contributed by atoms with van der Waals surface area (Å²) in [5, 5.41) is 2.33. The van der Waals surface area contributed by atoms with Crippen molar-refractivity contribution in [1.82, 2.24) is 20.0 Å². The van der Waals surface area contributed by atoms with Gasteiger partial charge in [-0.05, 0) is 59.5 Å². The third-order valence-electron chi connectivity index (χ3n) is 8.64. The summed E-state index contributed by atoms with van der Waals surface area (Å²) in [6.07, 6.45) is 0.458. The highest BCUT2D eigenvalue weighted by atomic mass is 16.5. The van der Waals surface area contributed by atoms with Gasteiger partial charge in [0.1, 0.15) is 17.5 Å². The molecule has 10 nitrogen and oxygen atoms in total. The van der Waals surface area contributed by atoms with Crippen molar-refractivity contribution >= 4 is 23.6 Å². The van der Waals surface area contributed by atoms with Crippen LogP contribution in [0.2, 0.25) is 0 Å². The fourth-order valence-electron chi connectivity index (χ4n) is 6.33. The summed E-state index contributed by atoms with van der Waals surface area (Å²) in [7, 11) is 3.30. The topological polar surface area (TPSA) is 108 Å². The van der Waals surface area contributed by atoms with Gasteiger partial charge >= 0.3 is 0 Å². The number of nitrogens with one attached hydrogen (secondary N) is 1. The van der Waals surface area contributed by atoms with Crippen molar-refractivity contribution in [2.75, 3.05) is 40.4 Å². The van der Waals surface area contributed by atoms with Gasteiger partial charge in [0.25, 0.3) is 11.8 Å². The number of hydrogen-bond acceptors (Lipinski definition) is 7. The average molecular weight is 583 g/mol. The summed E-state index contributed by atoms with van der Waals surface area (Å²) in [4.78, 5) is 56.9. The molecule has 10 heteroatoms. The van der Waals surface area contributed by atoms with Crippen molar-refractivity contribution < 1.29 is 28.7 Å². The lowest BCUT2D eigenvalue weighted by Crippen LogP contribution is -2.52. The highest BCUT2D eigenvalue weighted by molar-refractivity contribution is 6.07. The molecule has 2 saturated heterocycles. The third-order valence-corrected chi connectivity index (χ3v) is 8.64. The van der Waals surface area contributed by atoms with E-state index in [4.69, 9.17) is 9.47 Å². The van der Waals surface area contributed by atoms with E-state index in [1.807, 2.05) is 29.2 Å². The normalized spacial score (nSPS) is 19.0. The maximum atomic E-state index is 13.8. The largest absolute Gasteiger partial charge is 0.497 e. The van der Waals surface area contributed by atoms with Crippen molar-refractivity contribution in [1.29, 1.82) is 0 Å². The second-order valence-corrected chi connectivity index (χ2v) is 11.0. The van der Waals surface area contributed by atoms with Crippen LogP contribution in [-0.2, 0) is 16.1 Å². The standard InChI is InChI=1S/C33H34N4O6/c1-42-23-10-6-21(7-11-23)30(22-8-12-24(43-2)13-9-22)35-16-18-36(19-17-35)32(40)25-4-3-5-26-27(25)20-37(33(26)41)28-14-15-29(38)34-31(28)39/h3-13,28,30H,14-20H2,1-2H3,(H,34,38,39). The lowest BCUT2D eigenvalue weighted by molar-refractivity contribution is -0.136. The Morgan fingerprint density at radius 3 is 2.00 bits per heavy atom. The Hall–Kier alpha value is -4.70. The van der Waals surface area contributed by atoms with E-state index >= 15 is 0 Å². The van der Waals surface area contributed by atoms with Gasteiger partial charge in [-0.3, -0.25) is 29.4 Å². The van der Waals surface area contributed by atoms with E-state index < -0.39 is 11.9 Å². The Labute approximate surface area is 250 Å². The van der Waals surface area contributed by atoms with Crippen molar-refractivity contribution in [3.8, 4) is 11.5 Å². The molecule has 2 fully saturated rings. The molecule has 0 bridgehead atoms. The van der Waals surface area contributed by atoms with Gasteiger partial charge < -0.3 is 19.3 Å². The number of rotatable bonds is 7. The molecule has 1 N–H and O–H groups in total. The molecule has 43 heavy (non-hydrogen) atoms. The van der Waals surface area contributed by atoms with E-state index in [1.54, 1.807) is 32.4 Å². The Morgan fingerprint density at radius 1 is 0.837 bits per heavy atom. The predicted octanol–water partition coefficient (Wildman–Crippen LogP) is 3.01. The molecule has 6 rings (SSSR count). The number of imide groups is 1. The van der Waals surface area contributed by atoms with Crippen LogP contribution in [0, 0.1) is 0 Å². The third kappa shape index (κ3) is 5.46. The zero-order chi connectivity index (χ0) is 30.1. The van der Waals surface area contributed by atoms with E-state index in [9.17, 15) is 19.2 Å². The molecule has 3 heterocycles. The minimum absolute atomic E-state index is 0.0188. The quantitative estimate of drug-likeness (QED) is 0.427. The highest BCUT2D eigenvalue weighted by Crippen LogP contribution is 2.33. The molecule has 0 radical (unpaired) electrons. The molecule has 0 saturated carbocycles. The Bertz CT molecular complexity index is 1500. The van der Waals surface area contributed by atoms with Crippen molar-refractivity contribution in [2.24, 2.45) is 0 Å². The van der Waals surface area contributed by atoms with Crippen molar-refractivity contribution in [2.45, 2.75) is 31.5 Å². The fourth-order valence-corrected chi connectivity index (χ4v) is 6.33. The minimum atomic E-state index is -0.725. The number of amides is 4. The first-order chi connectivity index (χ1) is 20.9. The molecule has 1 unspecified atom stereocenters. The van der Waals surface area contributed by atoms with E-state index in [-0.39, 0.29) is 43.1 Å². The monoisotopic (exact) mass is 582 g/mol. The summed E-state index contributed by atoms with van der Waals surface area (Å²) < 4.78 is 10.7. The smallest absolute Gasteiger partial charge is 0.255 e. The molecule has 0 spiro atoms. The van der Waals surface area contributed by atoms with Gasteiger partial charge in [0.2, 0.25) is 11.8 Å². The van der Waals surface area contributed by atoms with Gasteiger partial charge in [-0.1, -0.05) is 30.3 Å². The molecular formula is C33H34N4O6. The zero-order valence-electron chi connectivity index (χ0n) is 24.2. The minimum Gasteiger partial charge on any atom is -0.497 e. The lowest BCUT2D eigenvalue weighted by atomic mass is 9.96. The van der Waals surface area contributed by atoms with Gasteiger partial charge in [-0.2, -0.15) is 0 Å². The Balaban J connectivity index is 1.19. The molecule has 1 atom stereocenters. The van der Waals surface area contributed by atoms with Crippen LogP contribution in [0.1, 0.15) is 56.3 Å². The van der Waals surface area contributed by atoms with Gasteiger partial charge in [0, 0.05) is 50.3 Å². The molecule has 3 aliphatic rings. The Kier molecular flexibility index (Phi) is 7.86. The van der Waals surface area contributed by atoms with Gasteiger partial charge in [-0.15, -0.1) is 0 Å². The number of benzene rings is 3. The van der Waals surface area contributed by atoms with Crippen molar-refractivity contribution in [3.05, 3.63) is 94.5 Å². The summed E-state index contributed by atoms with van der Waals surface area (Å²) in [6.45, 7) is 2.53. The average Bonchev–Trinajstić information content (AvgIpc) is 3.38. The van der Waals surface area contributed by atoms with E-state index in [0.29, 0.717) is 42.9 Å². The summed E-state index contributed by atoms with van der Waals surface area (Å²) in [5.41, 5.74) is 3.81. The molecule has 0 aliphatic carbocycles. The van der Waals surface area contributed by atoms with E-state index in [0.717, 1.165) is 22.6 Å². The van der Waals surface area contributed by atoms with Crippen LogP contribution in [0.4, 0.5) is 0 Å². The number of piperidine rings is 1. The molecule has 4 amide bonds. The highest BCUT2D eigenvalue weighted by Gasteiger charge is 2.41. The number of carbonyl (C=O) groups is 4. The van der Waals surface area contributed by atoms with Crippen molar-refractivity contribution in [3.63, 3.8) is 0 Å². The summed E-state index contributed by atoms with van der Waals surface area (Å²) >= 11 is 0. The zero-order valence-corrected chi connectivity index (χ0v) is 24.2. The molecule has 0 aromatic heterocycles. The Morgan fingerprint density at radius 2 is 1.44 bits per heavy atom. The number of nitrogens with zero attached hydrogens (tertiary/aromatic N) is 3. The van der Waals surface area contributed by atoms with Gasteiger partial charge in [0.15, 0.2) is 0 Å². The van der Waals surface area contributed by atoms with Crippen LogP contribution in [0.25, 0.3) is 0 Å². The first-order valence-electron chi connectivity index (χ1n) is 14.5. The molecule has 3 aliphatic heterocycles. The summed E-state index contributed by atoms with van der Waals surface area (Å²) in [5.74, 6) is 0.368. The number of carbonyl (C=O) groups excluding carboxylic acids is 4. The fraction of sp³-hybridized carbons (Fsp3) is 0.333. The SMILES string of the molecule is COc1ccc(C(c2ccc(OC)cc2)N2CCN(C(=O)c3cccc4c3CN(C3CCC(=O)NC3=O)C4=O)CC2)cc1.